The highest BCUT2D eigenvalue weighted by Gasteiger charge is 2.02. The van der Waals surface area contributed by atoms with Crippen LogP contribution in [-0.4, -0.2) is 57.4 Å². The van der Waals surface area contributed by atoms with E-state index in [2.05, 4.69) is 0 Å². The van der Waals surface area contributed by atoms with Gasteiger partial charge in [0, 0.05) is 11.5 Å². The lowest BCUT2D eigenvalue weighted by molar-refractivity contribution is 0.0860. The molecule has 2 atom stereocenters. The van der Waals surface area contributed by atoms with Gasteiger partial charge in [-0.1, -0.05) is 66.5 Å². The van der Waals surface area contributed by atoms with Gasteiger partial charge in [-0.05, 0) is 12.8 Å². The van der Waals surface area contributed by atoms with Crippen LogP contribution in [0.3, 0.4) is 0 Å². The van der Waals surface area contributed by atoms with Gasteiger partial charge >= 0.3 is 0 Å². The molecule has 0 aromatic carbocycles. The Bertz CT molecular complexity index is 188. The van der Waals surface area contributed by atoms with Crippen LogP contribution in [0.25, 0.3) is 0 Å². The summed E-state index contributed by atoms with van der Waals surface area (Å²) in [6, 6.07) is 0. The van der Waals surface area contributed by atoms with Crippen LogP contribution in [0.4, 0.5) is 0 Å². The largest absolute Gasteiger partial charge is 0.394 e. The van der Waals surface area contributed by atoms with E-state index in [9.17, 15) is 5.11 Å². The van der Waals surface area contributed by atoms with Crippen molar-refractivity contribution in [1.82, 2.24) is 0 Å². The predicted octanol–water partition coefficient (Wildman–Crippen LogP) is 2.59. The smallest absolute Gasteiger partial charge is 0.0869 e. The normalized spacial score (nSPS) is 14.3. The molecule has 0 rings (SSSR count). The van der Waals surface area contributed by atoms with Gasteiger partial charge in [0.1, 0.15) is 0 Å². The first-order valence-corrected chi connectivity index (χ1v) is 10.5. The third-order valence-electron chi connectivity index (χ3n) is 3.28. The first-order chi connectivity index (χ1) is 10.2. The minimum Gasteiger partial charge on any atom is -0.394 e. The van der Waals surface area contributed by atoms with E-state index < -0.39 is 12.2 Å². The van der Waals surface area contributed by atoms with Gasteiger partial charge in [0.15, 0.2) is 0 Å². The Labute approximate surface area is 137 Å². The standard InChI is InChI=1S/C15H32O4S2/c16-11-14(18)9-7-5-3-1-2-4-6-8-10-20-21-13-15(19)12-17/h14-19H,1-13H2. The van der Waals surface area contributed by atoms with Crippen LogP contribution in [0.1, 0.15) is 57.8 Å². The monoisotopic (exact) mass is 340 g/mol. The predicted molar refractivity (Wildman–Crippen MR) is 92.7 cm³/mol. The topological polar surface area (TPSA) is 80.9 Å². The molecule has 0 spiro atoms. The van der Waals surface area contributed by atoms with Crippen LogP contribution in [0.2, 0.25) is 0 Å². The van der Waals surface area contributed by atoms with E-state index in [4.69, 9.17) is 15.3 Å². The van der Waals surface area contributed by atoms with Gasteiger partial charge < -0.3 is 20.4 Å². The molecule has 0 aromatic rings. The summed E-state index contributed by atoms with van der Waals surface area (Å²) in [5, 5.41) is 35.7. The highest BCUT2D eigenvalue weighted by molar-refractivity contribution is 8.76. The van der Waals surface area contributed by atoms with Gasteiger partial charge in [0.2, 0.25) is 0 Å². The second-order valence-electron chi connectivity index (χ2n) is 5.40. The molecule has 0 bridgehead atoms. The van der Waals surface area contributed by atoms with Crippen molar-refractivity contribution in [3.63, 3.8) is 0 Å². The summed E-state index contributed by atoms with van der Waals surface area (Å²) in [6.07, 6.45) is 9.30. The van der Waals surface area contributed by atoms with E-state index in [1.54, 1.807) is 21.6 Å². The van der Waals surface area contributed by atoms with Crippen LogP contribution in [0.5, 0.6) is 0 Å². The van der Waals surface area contributed by atoms with Crippen molar-refractivity contribution in [1.29, 1.82) is 0 Å². The molecule has 6 heteroatoms. The van der Waals surface area contributed by atoms with Crippen molar-refractivity contribution in [2.24, 2.45) is 0 Å². The summed E-state index contributed by atoms with van der Waals surface area (Å²) in [5.41, 5.74) is 0. The molecular formula is C15H32O4S2. The number of hydrogen-bond donors (Lipinski definition) is 4. The molecule has 0 amide bonds. The Hall–Kier alpha value is 0.540. The Morgan fingerprint density at radius 1 is 0.619 bits per heavy atom. The molecule has 2 unspecified atom stereocenters. The molecule has 0 aliphatic heterocycles. The lowest BCUT2D eigenvalue weighted by atomic mass is 10.1. The van der Waals surface area contributed by atoms with Gasteiger partial charge in [0.25, 0.3) is 0 Å². The average molecular weight is 341 g/mol. The van der Waals surface area contributed by atoms with E-state index in [1.807, 2.05) is 0 Å². The molecule has 0 aromatic heterocycles. The van der Waals surface area contributed by atoms with E-state index >= 15 is 0 Å². The Balaban J connectivity index is 3.03. The van der Waals surface area contributed by atoms with E-state index in [0.717, 1.165) is 25.0 Å². The van der Waals surface area contributed by atoms with Crippen molar-refractivity contribution in [3.05, 3.63) is 0 Å². The van der Waals surface area contributed by atoms with E-state index in [-0.39, 0.29) is 13.2 Å². The van der Waals surface area contributed by atoms with Gasteiger partial charge in [-0.3, -0.25) is 0 Å². The molecule has 0 aliphatic carbocycles. The van der Waals surface area contributed by atoms with Crippen LogP contribution in [-0.2, 0) is 0 Å². The summed E-state index contributed by atoms with van der Waals surface area (Å²) in [5.74, 6) is 1.72. The van der Waals surface area contributed by atoms with Gasteiger partial charge in [-0.25, -0.2) is 0 Å². The molecule has 128 valence electrons. The zero-order valence-corrected chi connectivity index (χ0v) is 14.6. The van der Waals surface area contributed by atoms with Crippen LogP contribution >= 0.6 is 21.6 Å². The summed E-state index contributed by atoms with van der Waals surface area (Å²) < 4.78 is 0. The van der Waals surface area contributed by atoms with Crippen LogP contribution in [0.15, 0.2) is 0 Å². The van der Waals surface area contributed by atoms with Gasteiger partial charge in [-0.15, -0.1) is 0 Å². The fourth-order valence-electron chi connectivity index (χ4n) is 1.93. The summed E-state index contributed by atoms with van der Waals surface area (Å²) in [6.45, 7) is -0.262. The zero-order valence-electron chi connectivity index (χ0n) is 13.0. The van der Waals surface area contributed by atoms with Crippen molar-refractivity contribution in [2.75, 3.05) is 24.7 Å². The van der Waals surface area contributed by atoms with Crippen molar-refractivity contribution < 1.29 is 20.4 Å². The van der Waals surface area contributed by atoms with Crippen molar-refractivity contribution in [3.8, 4) is 0 Å². The minimum atomic E-state index is -0.582. The molecule has 0 saturated heterocycles. The number of hydrogen-bond acceptors (Lipinski definition) is 6. The highest BCUT2D eigenvalue weighted by atomic mass is 33.1. The summed E-state index contributed by atoms with van der Waals surface area (Å²) in [7, 11) is 3.41. The molecule has 4 nitrogen and oxygen atoms in total. The van der Waals surface area contributed by atoms with Crippen molar-refractivity contribution >= 4 is 21.6 Å². The van der Waals surface area contributed by atoms with E-state index in [1.165, 1.54) is 38.5 Å². The van der Waals surface area contributed by atoms with Crippen LogP contribution in [0, 0.1) is 0 Å². The lowest BCUT2D eigenvalue weighted by Crippen LogP contribution is -2.13. The Kier molecular flexibility index (Phi) is 17.3. The minimum absolute atomic E-state index is 0.116. The maximum absolute atomic E-state index is 9.18. The maximum atomic E-state index is 9.18. The number of rotatable bonds is 16. The SMILES string of the molecule is OCC(O)CCCCCCCCCCSSCC(O)CO. The van der Waals surface area contributed by atoms with Crippen molar-refractivity contribution in [2.45, 2.75) is 70.0 Å². The molecule has 0 radical (unpaired) electrons. The fraction of sp³-hybridized carbons (Fsp3) is 1.00. The Morgan fingerprint density at radius 3 is 1.71 bits per heavy atom. The molecule has 21 heavy (non-hydrogen) atoms. The average Bonchev–Trinajstić information content (AvgIpc) is 2.51. The fourth-order valence-corrected chi connectivity index (χ4v) is 4.20. The number of aliphatic hydroxyl groups is 4. The third kappa shape index (κ3) is 16.7. The first-order valence-electron chi connectivity index (χ1n) is 8.03. The maximum Gasteiger partial charge on any atom is 0.0869 e. The second kappa shape index (κ2) is 16.9. The molecule has 0 saturated carbocycles. The lowest BCUT2D eigenvalue weighted by Gasteiger charge is -2.06. The van der Waals surface area contributed by atoms with E-state index in [0.29, 0.717) is 5.75 Å². The summed E-state index contributed by atoms with van der Waals surface area (Å²) >= 11 is 0. The molecular weight excluding hydrogens is 308 g/mol. The molecule has 0 heterocycles. The van der Waals surface area contributed by atoms with Crippen LogP contribution < -0.4 is 0 Å². The van der Waals surface area contributed by atoms with Gasteiger partial charge in [-0.2, -0.15) is 0 Å². The molecule has 0 fully saturated rings. The number of unbranched alkanes of at least 4 members (excludes halogenated alkanes) is 7. The first kappa shape index (κ1) is 21.5. The molecule has 4 N–H and O–H groups in total. The number of aliphatic hydroxyl groups excluding tert-OH is 4. The highest BCUT2D eigenvalue weighted by Crippen LogP contribution is 2.23. The zero-order chi connectivity index (χ0) is 15.8. The van der Waals surface area contributed by atoms with Gasteiger partial charge in [0.05, 0.1) is 25.4 Å². The molecule has 0 aliphatic rings. The Morgan fingerprint density at radius 2 is 1.14 bits per heavy atom. The quantitative estimate of drug-likeness (QED) is 0.255. The third-order valence-corrected chi connectivity index (χ3v) is 5.83. The summed E-state index contributed by atoms with van der Waals surface area (Å²) in [4.78, 5) is 0. The second-order valence-corrected chi connectivity index (χ2v) is 8.02.